The Labute approximate surface area is 77.2 Å². The van der Waals surface area contributed by atoms with Gasteiger partial charge in [0.25, 0.3) is 0 Å². The van der Waals surface area contributed by atoms with Gasteiger partial charge in [0.05, 0.1) is 6.61 Å². The first-order valence-electron chi connectivity index (χ1n) is 4.29. The molecule has 0 N–H and O–H groups in total. The van der Waals surface area contributed by atoms with Gasteiger partial charge in [-0.3, -0.25) is 4.79 Å². The molecule has 0 aromatic carbocycles. The predicted octanol–water partition coefficient (Wildman–Crippen LogP) is 0.542. The van der Waals surface area contributed by atoms with Crippen molar-refractivity contribution in [2.75, 3.05) is 6.61 Å². The summed E-state index contributed by atoms with van der Waals surface area (Å²) >= 11 is 0. The summed E-state index contributed by atoms with van der Waals surface area (Å²) < 4.78 is 10.2. The highest BCUT2D eigenvalue weighted by atomic mass is 16.6. The minimum atomic E-state index is -1.09. The summed E-state index contributed by atoms with van der Waals surface area (Å²) in [6.07, 6.45) is 0.0644. The van der Waals surface area contributed by atoms with Crippen molar-refractivity contribution in [1.29, 1.82) is 0 Å². The van der Waals surface area contributed by atoms with Crippen LogP contribution in [-0.4, -0.2) is 30.6 Å². The third-order valence-corrected chi connectivity index (χ3v) is 1.97. The first-order valence-corrected chi connectivity index (χ1v) is 4.29. The lowest BCUT2D eigenvalue weighted by Crippen LogP contribution is -2.50. The van der Waals surface area contributed by atoms with Gasteiger partial charge in [-0.15, -0.1) is 0 Å². The zero-order valence-electron chi connectivity index (χ0n) is 8.07. The summed E-state index contributed by atoms with van der Waals surface area (Å²) in [4.78, 5) is 21.9. The number of esters is 1. The molecular weight excluding hydrogens is 172 g/mol. The lowest BCUT2D eigenvalue weighted by Gasteiger charge is -2.34. The number of aldehydes is 1. The SMILES string of the molecule is CC(C)C1OCC(C)(C=O)OC1=O. The molecule has 0 aromatic heterocycles. The van der Waals surface area contributed by atoms with Crippen LogP contribution in [0.1, 0.15) is 20.8 Å². The zero-order chi connectivity index (χ0) is 10.1. The highest BCUT2D eigenvalue weighted by Gasteiger charge is 2.40. The van der Waals surface area contributed by atoms with Crippen molar-refractivity contribution in [2.24, 2.45) is 5.92 Å². The monoisotopic (exact) mass is 186 g/mol. The van der Waals surface area contributed by atoms with E-state index in [4.69, 9.17) is 9.47 Å². The fraction of sp³-hybridized carbons (Fsp3) is 0.778. The quantitative estimate of drug-likeness (QED) is 0.466. The van der Waals surface area contributed by atoms with Crippen LogP contribution in [0, 0.1) is 5.92 Å². The van der Waals surface area contributed by atoms with Gasteiger partial charge in [-0.2, -0.15) is 0 Å². The molecule has 1 aliphatic rings. The second-order valence-corrected chi connectivity index (χ2v) is 3.83. The summed E-state index contributed by atoms with van der Waals surface area (Å²) in [5, 5.41) is 0. The fourth-order valence-corrected chi connectivity index (χ4v) is 1.16. The van der Waals surface area contributed by atoms with E-state index in [9.17, 15) is 9.59 Å². The largest absolute Gasteiger partial charge is 0.447 e. The molecule has 0 aliphatic carbocycles. The fourth-order valence-electron chi connectivity index (χ4n) is 1.16. The van der Waals surface area contributed by atoms with Crippen LogP contribution in [0.25, 0.3) is 0 Å². The van der Waals surface area contributed by atoms with Gasteiger partial charge in [-0.1, -0.05) is 13.8 Å². The van der Waals surface area contributed by atoms with Crippen LogP contribution in [0.4, 0.5) is 0 Å². The van der Waals surface area contributed by atoms with Crippen molar-refractivity contribution < 1.29 is 19.1 Å². The second-order valence-electron chi connectivity index (χ2n) is 3.83. The van der Waals surface area contributed by atoms with Gasteiger partial charge in [0.2, 0.25) is 0 Å². The maximum atomic E-state index is 11.3. The maximum Gasteiger partial charge on any atom is 0.336 e. The van der Waals surface area contributed by atoms with Gasteiger partial charge in [0, 0.05) is 0 Å². The Balaban J connectivity index is 2.67. The third kappa shape index (κ3) is 2.06. The lowest BCUT2D eigenvalue weighted by molar-refractivity contribution is -0.203. The zero-order valence-corrected chi connectivity index (χ0v) is 8.07. The van der Waals surface area contributed by atoms with Crippen LogP contribution in [-0.2, 0) is 19.1 Å². The van der Waals surface area contributed by atoms with E-state index in [-0.39, 0.29) is 12.5 Å². The van der Waals surface area contributed by atoms with E-state index in [0.717, 1.165) is 0 Å². The minimum Gasteiger partial charge on any atom is -0.447 e. The second kappa shape index (κ2) is 3.46. The smallest absolute Gasteiger partial charge is 0.336 e. The molecule has 0 spiro atoms. The van der Waals surface area contributed by atoms with Crippen LogP contribution in [0.3, 0.4) is 0 Å². The highest BCUT2D eigenvalue weighted by molar-refractivity contribution is 5.79. The number of rotatable bonds is 2. The van der Waals surface area contributed by atoms with Crippen molar-refractivity contribution in [3.63, 3.8) is 0 Å². The number of hydrogen-bond donors (Lipinski definition) is 0. The Morgan fingerprint density at radius 2 is 2.23 bits per heavy atom. The normalized spacial score (nSPS) is 34.5. The van der Waals surface area contributed by atoms with Gasteiger partial charge in [0.1, 0.15) is 0 Å². The van der Waals surface area contributed by atoms with E-state index in [0.29, 0.717) is 6.29 Å². The predicted molar refractivity (Wildman–Crippen MR) is 45.1 cm³/mol. The molecule has 1 fully saturated rings. The van der Waals surface area contributed by atoms with Crippen LogP contribution in [0.5, 0.6) is 0 Å². The van der Waals surface area contributed by atoms with Crippen molar-refractivity contribution >= 4 is 12.3 Å². The van der Waals surface area contributed by atoms with Crippen LogP contribution in [0.2, 0.25) is 0 Å². The van der Waals surface area contributed by atoms with Gasteiger partial charge in [-0.05, 0) is 12.8 Å². The molecule has 1 rings (SSSR count). The Morgan fingerprint density at radius 1 is 1.62 bits per heavy atom. The molecule has 1 saturated heterocycles. The van der Waals surface area contributed by atoms with Gasteiger partial charge in [0.15, 0.2) is 18.0 Å². The summed E-state index contributed by atoms with van der Waals surface area (Å²) in [6, 6.07) is 0. The number of cyclic esters (lactones) is 1. The summed E-state index contributed by atoms with van der Waals surface area (Å²) in [6.45, 7) is 5.42. The van der Waals surface area contributed by atoms with E-state index < -0.39 is 17.7 Å². The summed E-state index contributed by atoms with van der Waals surface area (Å²) in [5.74, 6) is -0.375. The van der Waals surface area contributed by atoms with Crippen LogP contribution in [0.15, 0.2) is 0 Å². The number of carbonyl (C=O) groups excluding carboxylic acids is 2. The van der Waals surface area contributed by atoms with E-state index in [1.165, 1.54) is 6.92 Å². The summed E-state index contributed by atoms with van der Waals surface area (Å²) in [7, 11) is 0. The Bertz CT molecular complexity index is 224. The molecule has 74 valence electrons. The molecule has 0 aromatic rings. The van der Waals surface area contributed by atoms with Crippen molar-refractivity contribution in [3.05, 3.63) is 0 Å². The van der Waals surface area contributed by atoms with Gasteiger partial charge < -0.3 is 9.47 Å². The Hall–Kier alpha value is -0.900. The lowest BCUT2D eigenvalue weighted by atomic mass is 10.0. The standard InChI is InChI=1S/C9H14O4/c1-6(2)7-8(11)13-9(3,4-10)5-12-7/h4,6-7H,5H2,1-3H3. The number of hydrogen-bond acceptors (Lipinski definition) is 4. The number of carbonyl (C=O) groups is 2. The molecule has 1 aliphatic heterocycles. The molecule has 2 unspecified atom stereocenters. The van der Waals surface area contributed by atoms with Gasteiger partial charge >= 0.3 is 5.97 Å². The molecule has 0 saturated carbocycles. The molecular formula is C9H14O4. The van der Waals surface area contributed by atoms with E-state index in [1.807, 2.05) is 13.8 Å². The molecule has 2 atom stereocenters. The molecule has 0 bridgehead atoms. The summed E-state index contributed by atoms with van der Waals surface area (Å²) in [5.41, 5.74) is -1.09. The molecule has 4 heteroatoms. The highest BCUT2D eigenvalue weighted by Crippen LogP contribution is 2.21. The first-order chi connectivity index (χ1) is 5.98. The maximum absolute atomic E-state index is 11.3. The third-order valence-electron chi connectivity index (χ3n) is 1.97. The van der Waals surface area contributed by atoms with Crippen molar-refractivity contribution in [3.8, 4) is 0 Å². The molecule has 0 amide bonds. The average Bonchev–Trinajstić information content (AvgIpc) is 2.03. The van der Waals surface area contributed by atoms with E-state index in [1.54, 1.807) is 0 Å². The average molecular weight is 186 g/mol. The minimum absolute atomic E-state index is 0.0729. The molecule has 4 nitrogen and oxygen atoms in total. The number of ether oxygens (including phenoxy) is 2. The van der Waals surface area contributed by atoms with Crippen molar-refractivity contribution in [1.82, 2.24) is 0 Å². The van der Waals surface area contributed by atoms with Gasteiger partial charge in [-0.25, -0.2) is 4.79 Å². The molecule has 0 radical (unpaired) electrons. The Kier molecular flexibility index (Phi) is 2.71. The van der Waals surface area contributed by atoms with Crippen LogP contribution >= 0.6 is 0 Å². The topological polar surface area (TPSA) is 52.6 Å². The van der Waals surface area contributed by atoms with E-state index >= 15 is 0 Å². The van der Waals surface area contributed by atoms with Crippen molar-refractivity contribution in [2.45, 2.75) is 32.5 Å². The molecule has 13 heavy (non-hydrogen) atoms. The first kappa shape index (κ1) is 10.2. The van der Waals surface area contributed by atoms with E-state index in [2.05, 4.69) is 0 Å². The molecule has 1 heterocycles. The Morgan fingerprint density at radius 3 is 2.62 bits per heavy atom. The van der Waals surface area contributed by atoms with Crippen LogP contribution < -0.4 is 0 Å².